The number of benzene rings is 1. The van der Waals surface area contributed by atoms with Gasteiger partial charge in [-0.1, -0.05) is 28.1 Å². The molecule has 30 heavy (non-hydrogen) atoms. The summed E-state index contributed by atoms with van der Waals surface area (Å²) in [6, 6.07) is 7.50. The van der Waals surface area contributed by atoms with Gasteiger partial charge in [0.05, 0.1) is 17.2 Å². The van der Waals surface area contributed by atoms with E-state index in [1.165, 1.54) is 29.0 Å². The van der Waals surface area contributed by atoms with Gasteiger partial charge in [-0.05, 0) is 12.1 Å². The first-order valence-corrected chi connectivity index (χ1v) is 10.6. The van der Waals surface area contributed by atoms with Crippen LogP contribution in [0.1, 0.15) is 18.7 Å². The van der Waals surface area contributed by atoms with E-state index in [-0.39, 0.29) is 5.70 Å². The summed E-state index contributed by atoms with van der Waals surface area (Å²) in [6.45, 7) is 1.25. The van der Waals surface area contributed by atoms with Crippen LogP contribution in [0.15, 0.2) is 47.8 Å². The maximum atomic E-state index is 13.0. The molecule has 4 heterocycles. The first kappa shape index (κ1) is 19.1. The fraction of sp³-hybridized carbons (Fsp3) is 0.211. The maximum absolute atomic E-state index is 13.0. The monoisotopic (exact) mass is 488 g/mol. The van der Waals surface area contributed by atoms with E-state index in [0.29, 0.717) is 11.3 Å². The highest BCUT2D eigenvalue weighted by Crippen LogP contribution is 2.57. The van der Waals surface area contributed by atoms with Crippen LogP contribution in [0.2, 0.25) is 0 Å². The van der Waals surface area contributed by atoms with Gasteiger partial charge in [0.25, 0.3) is 5.91 Å². The number of carboxylic acid groups (broad SMARTS) is 1. The number of amides is 1. The topological polar surface area (TPSA) is 114 Å². The molecule has 0 radical (unpaired) electrons. The number of alkyl halides is 1. The van der Waals surface area contributed by atoms with Gasteiger partial charge in [0.1, 0.15) is 16.8 Å². The van der Waals surface area contributed by atoms with Crippen molar-refractivity contribution in [3.05, 3.63) is 53.5 Å². The normalized spacial score (nSPS) is 23.8. The molecule has 1 N–H and O–H groups in total. The van der Waals surface area contributed by atoms with Gasteiger partial charge in [0.15, 0.2) is 16.1 Å². The Morgan fingerprint density at radius 3 is 2.87 bits per heavy atom. The number of rotatable bonds is 4. The molecule has 2 unspecified atom stereocenters. The van der Waals surface area contributed by atoms with E-state index in [0.717, 1.165) is 11.0 Å². The SMILES string of the molecule is CC(=O)OC(c1cn2c(cnc3ccccc32)n1)C1(Br)C(=O)N2C(C(=O)O)=CS[C@@H]21. The van der Waals surface area contributed by atoms with Crippen molar-refractivity contribution < 1.29 is 24.2 Å². The number of hydrogen-bond acceptors (Lipinski definition) is 7. The molecule has 0 spiro atoms. The van der Waals surface area contributed by atoms with Gasteiger partial charge in [0.2, 0.25) is 0 Å². The summed E-state index contributed by atoms with van der Waals surface area (Å²) in [5.74, 6) is -2.28. The van der Waals surface area contributed by atoms with Crippen LogP contribution in [0.3, 0.4) is 0 Å². The van der Waals surface area contributed by atoms with Crippen LogP contribution in [0.4, 0.5) is 0 Å². The number of thioether (sulfide) groups is 1. The Balaban J connectivity index is 1.61. The average molecular weight is 489 g/mol. The predicted molar refractivity (Wildman–Crippen MR) is 111 cm³/mol. The summed E-state index contributed by atoms with van der Waals surface area (Å²) in [6.07, 6.45) is 2.24. The number of aliphatic carboxylic acids is 1. The Labute approximate surface area is 181 Å². The molecule has 11 heteroatoms. The van der Waals surface area contributed by atoms with E-state index in [1.807, 2.05) is 28.7 Å². The number of ether oxygens (including phenoxy) is 1. The molecule has 2 aromatic heterocycles. The molecule has 9 nitrogen and oxygen atoms in total. The minimum Gasteiger partial charge on any atom is -0.477 e. The molecule has 5 rings (SSSR count). The summed E-state index contributed by atoms with van der Waals surface area (Å²) in [5.41, 5.74) is 2.36. The second-order valence-electron chi connectivity index (χ2n) is 6.87. The zero-order chi connectivity index (χ0) is 21.2. The number of carbonyl (C=O) groups is 3. The highest BCUT2D eigenvalue weighted by atomic mass is 79.9. The van der Waals surface area contributed by atoms with Crippen molar-refractivity contribution in [2.75, 3.05) is 0 Å². The number of para-hydroxylation sites is 2. The number of nitrogens with zero attached hydrogens (tertiary/aromatic N) is 4. The van der Waals surface area contributed by atoms with Gasteiger partial charge in [-0.3, -0.25) is 23.9 Å². The van der Waals surface area contributed by atoms with Crippen molar-refractivity contribution in [3.8, 4) is 0 Å². The molecule has 1 saturated heterocycles. The molecule has 152 valence electrons. The van der Waals surface area contributed by atoms with Crippen molar-refractivity contribution in [1.82, 2.24) is 19.3 Å². The molecule has 0 aliphatic carbocycles. The number of hydrogen-bond donors (Lipinski definition) is 1. The number of aromatic nitrogens is 3. The second-order valence-corrected chi connectivity index (χ2v) is 9.14. The molecule has 0 bridgehead atoms. The maximum Gasteiger partial charge on any atom is 0.353 e. The molecule has 2 aliphatic rings. The Hall–Kier alpha value is -2.92. The number of imidazole rings is 1. The molecule has 2 aliphatic heterocycles. The van der Waals surface area contributed by atoms with E-state index in [1.54, 1.807) is 12.4 Å². The molecule has 1 fully saturated rings. The second kappa shape index (κ2) is 6.54. The standard InChI is InChI=1S/C19H13BrN4O5S/c1-9(25)29-15(19(20)17(28)24-13(16(26)27)8-30-18(19)24)11-7-23-12-5-3-2-4-10(12)21-6-14(23)22-11/h2-8,15,18H,1H3,(H,26,27)/t15?,18-,19?/m1/s1. The van der Waals surface area contributed by atoms with Crippen molar-refractivity contribution in [1.29, 1.82) is 0 Å². The Morgan fingerprint density at radius 1 is 1.37 bits per heavy atom. The van der Waals surface area contributed by atoms with Crippen molar-refractivity contribution in [2.24, 2.45) is 0 Å². The van der Waals surface area contributed by atoms with Crippen LogP contribution in [-0.2, 0) is 19.1 Å². The quantitative estimate of drug-likeness (QED) is 0.338. The number of carboxylic acids is 1. The Bertz CT molecular complexity index is 1290. The minimum atomic E-state index is -1.35. The lowest BCUT2D eigenvalue weighted by atomic mass is 9.89. The third-order valence-corrected chi connectivity index (χ3v) is 7.77. The van der Waals surface area contributed by atoms with E-state index in [9.17, 15) is 19.5 Å². The van der Waals surface area contributed by atoms with Crippen molar-refractivity contribution in [3.63, 3.8) is 0 Å². The van der Waals surface area contributed by atoms with Crippen LogP contribution in [-0.4, -0.2) is 51.9 Å². The van der Waals surface area contributed by atoms with Gasteiger partial charge < -0.3 is 9.84 Å². The predicted octanol–water partition coefficient (Wildman–Crippen LogP) is 2.46. The van der Waals surface area contributed by atoms with Crippen molar-refractivity contribution >= 4 is 62.2 Å². The van der Waals surface area contributed by atoms with Gasteiger partial charge in [-0.25, -0.2) is 9.78 Å². The molecule has 3 aromatic rings. The van der Waals surface area contributed by atoms with E-state index >= 15 is 0 Å². The van der Waals surface area contributed by atoms with E-state index in [4.69, 9.17) is 4.74 Å². The van der Waals surface area contributed by atoms with Gasteiger partial charge >= 0.3 is 11.9 Å². The van der Waals surface area contributed by atoms with Crippen LogP contribution in [0.5, 0.6) is 0 Å². The lowest BCUT2D eigenvalue weighted by Gasteiger charge is -2.51. The lowest BCUT2D eigenvalue weighted by molar-refractivity contribution is -0.162. The van der Waals surface area contributed by atoms with Gasteiger partial charge in [-0.2, -0.15) is 0 Å². The largest absolute Gasteiger partial charge is 0.477 e. The Morgan fingerprint density at radius 2 is 2.13 bits per heavy atom. The highest BCUT2D eigenvalue weighted by Gasteiger charge is 2.69. The molecule has 1 aromatic carbocycles. The zero-order valence-electron chi connectivity index (χ0n) is 15.4. The Kier molecular flexibility index (Phi) is 4.16. The lowest BCUT2D eigenvalue weighted by Crippen LogP contribution is -2.70. The summed E-state index contributed by atoms with van der Waals surface area (Å²) < 4.78 is 6.01. The number of carbonyl (C=O) groups excluding carboxylic acids is 2. The summed E-state index contributed by atoms with van der Waals surface area (Å²) >= 11 is 4.65. The van der Waals surface area contributed by atoms with Crippen LogP contribution in [0.25, 0.3) is 16.7 Å². The molecule has 3 atom stereocenters. The van der Waals surface area contributed by atoms with Gasteiger partial charge in [0, 0.05) is 18.5 Å². The first-order valence-electron chi connectivity index (χ1n) is 8.84. The molecular formula is C19H13BrN4O5S. The number of fused-ring (bicyclic) bond motifs is 4. The fourth-order valence-corrected chi connectivity index (χ4v) is 6.02. The third kappa shape index (κ3) is 2.51. The molecule has 1 amide bonds. The number of β-lactam (4-membered cyclic amide) rings is 1. The minimum absolute atomic E-state index is 0.100. The number of esters is 1. The van der Waals surface area contributed by atoms with Crippen LogP contribution in [0, 0.1) is 0 Å². The first-order chi connectivity index (χ1) is 14.3. The molecular weight excluding hydrogens is 476 g/mol. The van der Waals surface area contributed by atoms with Gasteiger partial charge in [-0.15, -0.1) is 11.8 Å². The fourth-order valence-electron chi connectivity index (χ4n) is 3.75. The number of halogens is 1. The van der Waals surface area contributed by atoms with Crippen molar-refractivity contribution in [2.45, 2.75) is 22.7 Å². The van der Waals surface area contributed by atoms with Crippen LogP contribution < -0.4 is 0 Å². The smallest absolute Gasteiger partial charge is 0.353 e. The van der Waals surface area contributed by atoms with E-state index in [2.05, 4.69) is 25.9 Å². The summed E-state index contributed by atoms with van der Waals surface area (Å²) in [4.78, 5) is 46.4. The average Bonchev–Trinajstić information content (AvgIpc) is 3.34. The van der Waals surface area contributed by atoms with Crippen LogP contribution >= 0.6 is 27.7 Å². The highest BCUT2D eigenvalue weighted by molar-refractivity contribution is 9.10. The third-order valence-electron chi connectivity index (χ3n) is 5.07. The summed E-state index contributed by atoms with van der Waals surface area (Å²) in [5, 5.41) is 10.2. The molecule has 0 saturated carbocycles. The summed E-state index contributed by atoms with van der Waals surface area (Å²) in [7, 11) is 0. The van der Waals surface area contributed by atoms with E-state index < -0.39 is 33.6 Å². The zero-order valence-corrected chi connectivity index (χ0v) is 17.8.